The molecular formula is C26H24Cl2N4O5. The molecule has 0 unspecified atom stereocenters. The van der Waals surface area contributed by atoms with E-state index in [1.54, 1.807) is 23.1 Å². The van der Waals surface area contributed by atoms with Crippen molar-refractivity contribution in [2.24, 2.45) is 0 Å². The maximum atomic E-state index is 13.5. The van der Waals surface area contributed by atoms with E-state index in [-0.39, 0.29) is 53.4 Å². The summed E-state index contributed by atoms with van der Waals surface area (Å²) in [5.41, 5.74) is 2.54. The number of carboxylic acid groups (broad SMARTS) is 1. The Bertz CT molecular complexity index is 1330. The Morgan fingerprint density at radius 2 is 1.89 bits per heavy atom. The summed E-state index contributed by atoms with van der Waals surface area (Å²) in [6, 6.07) is 14.0. The number of anilines is 2. The highest BCUT2D eigenvalue weighted by molar-refractivity contribution is 6.34. The fraction of sp³-hybridized carbons (Fsp3) is 0.231. The number of amides is 2. The molecule has 11 heteroatoms. The van der Waals surface area contributed by atoms with Gasteiger partial charge in [0, 0.05) is 43.3 Å². The van der Waals surface area contributed by atoms with Crippen LogP contribution in [-0.4, -0.2) is 47.5 Å². The Kier molecular flexibility index (Phi) is 8.47. The lowest BCUT2D eigenvalue weighted by Crippen LogP contribution is -2.39. The molecule has 0 aliphatic carbocycles. The average molecular weight is 543 g/mol. The van der Waals surface area contributed by atoms with Crippen LogP contribution in [0.4, 0.5) is 11.4 Å². The van der Waals surface area contributed by atoms with E-state index in [1.165, 1.54) is 12.3 Å². The lowest BCUT2D eigenvalue weighted by molar-refractivity contribution is -0.136. The van der Waals surface area contributed by atoms with Gasteiger partial charge in [-0.25, -0.2) is 4.98 Å². The number of carbonyl (C=O) groups excluding carboxylic acids is 2. The number of nitrogens with zero attached hydrogens (tertiary/aromatic N) is 2. The molecule has 0 radical (unpaired) electrons. The van der Waals surface area contributed by atoms with Gasteiger partial charge in [0.05, 0.1) is 22.8 Å². The van der Waals surface area contributed by atoms with Gasteiger partial charge in [-0.15, -0.1) is 0 Å². The van der Waals surface area contributed by atoms with Crippen LogP contribution >= 0.6 is 23.2 Å². The number of hydrogen-bond donors (Lipinski definition) is 3. The van der Waals surface area contributed by atoms with Crippen LogP contribution in [0.1, 0.15) is 28.8 Å². The number of aromatic nitrogens is 1. The average Bonchev–Trinajstić information content (AvgIpc) is 2.89. The van der Waals surface area contributed by atoms with E-state index in [0.717, 1.165) is 11.4 Å². The molecule has 0 saturated carbocycles. The monoisotopic (exact) mass is 542 g/mol. The molecule has 1 aliphatic rings. The van der Waals surface area contributed by atoms with E-state index >= 15 is 0 Å². The lowest BCUT2D eigenvalue weighted by atomic mass is 10.1. The zero-order valence-electron chi connectivity index (χ0n) is 19.7. The van der Waals surface area contributed by atoms with Crippen LogP contribution in [0, 0.1) is 0 Å². The first-order valence-corrected chi connectivity index (χ1v) is 12.3. The normalized spacial score (nSPS) is 12.3. The summed E-state index contributed by atoms with van der Waals surface area (Å²) in [5, 5.41) is 15.1. The Labute approximate surface area is 223 Å². The Hall–Kier alpha value is -3.82. The topological polar surface area (TPSA) is 121 Å². The maximum absolute atomic E-state index is 13.5. The molecule has 0 atom stereocenters. The van der Waals surface area contributed by atoms with Crippen molar-refractivity contribution in [3.8, 4) is 11.6 Å². The molecule has 4 rings (SSSR count). The van der Waals surface area contributed by atoms with Gasteiger partial charge in [-0.05, 0) is 42.3 Å². The van der Waals surface area contributed by atoms with Gasteiger partial charge in [0.15, 0.2) is 0 Å². The number of rotatable bonds is 9. The van der Waals surface area contributed by atoms with Crippen molar-refractivity contribution in [1.82, 2.24) is 10.3 Å². The van der Waals surface area contributed by atoms with E-state index in [9.17, 15) is 14.4 Å². The van der Waals surface area contributed by atoms with Gasteiger partial charge >= 0.3 is 5.97 Å². The minimum Gasteiger partial charge on any atom is -0.481 e. The molecule has 9 nitrogen and oxygen atoms in total. The Balaban J connectivity index is 1.48. The number of halogens is 2. The van der Waals surface area contributed by atoms with Crippen molar-refractivity contribution in [2.45, 2.75) is 19.3 Å². The number of ether oxygens (including phenoxy) is 1. The standard InChI is InChI=1S/C26H24Cl2N4O5/c27-18-15-22(19(28)14-16(18)7-8-23(33)30-11-9-24(34)35)37-25-17(4-3-10-31-25)26(36)32-13-12-29-20-5-1-2-6-21(20)32/h1-6,10,14-15,29H,7-9,11-13H2,(H,30,33)(H,34,35). The van der Waals surface area contributed by atoms with Crippen molar-refractivity contribution in [2.75, 3.05) is 29.9 Å². The fourth-order valence-electron chi connectivity index (χ4n) is 3.86. The van der Waals surface area contributed by atoms with Gasteiger partial charge in [0.1, 0.15) is 11.3 Å². The van der Waals surface area contributed by atoms with Crippen LogP contribution < -0.4 is 20.3 Å². The third-order valence-electron chi connectivity index (χ3n) is 5.68. The molecule has 0 bridgehead atoms. The highest BCUT2D eigenvalue weighted by Gasteiger charge is 2.26. The van der Waals surface area contributed by atoms with Crippen LogP contribution in [0.3, 0.4) is 0 Å². The van der Waals surface area contributed by atoms with Crippen LogP contribution in [0.25, 0.3) is 0 Å². The van der Waals surface area contributed by atoms with Gasteiger partial charge < -0.3 is 25.4 Å². The summed E-state index contributed by atoms with van der Waals surface area (Å²) < 4.78 is 5.95. The zero-order chi connectivity index (χ0) is 26.4. The molecule has 2 amide bonds. The quantitative estimate of drug-likeness (QED) is 0.355. The number of fused-ring (bicyclic) bond motifs is 1. The number of carbonyl (C=O) groups is 3. The highest BCUT2D eigenvalue weighted by Crippen LogP contribution is 2.36. The molecule has 0 fully saturated rings. The van der Waals surface area contributed by atoms with E-state index in [4.69, 9.17) is 33.0 Å². The number of hydrogen-bond acceptors (Lipinski definition) is 6. The summed E-state index contributed by atoms with van der Waals surface area (Å²) in [5.74, 6) is -1.23. The highest BCUT2D eigenvalue weighted by atomic mass is 35.5. The maximum Gasteiger partial charge on any atom is 0.305 e. The smallest absolute Gasteiger partial charge is 0.305 e. The summed E-state index contributed by atoms with van der Waals surface area (Å²) in [6.07, 6.45) is 1.78. The second-order valence-corrected chi connectivity index (χ2v) is 9.04. The van der Waals surface area contributed by atoms with Crippen molar-refractivity contribution in [3.05, 3.63) is 75.9 Å². The predicted octanol–water partition coefficient (Wildman–Crippen LogP) is 4.78. The van der Waals surface area contributed by atoms with E-state index in [1.807, 2.05) is 24.3 Å². The van der Waals surface area contributed by atoms with Crippen molar-refractivity contribution < 1.29 is 24.2 Å². The summed E-state index contributed by atoms with van der Waals surface area (Å²) >= 11 is 12.9. The minimum atomic E-state index is -0.985. The molecule has 192 valence electrons. The number of carboxylic acids is 1. The number of aryl methyl sites for hydroxylation is 1. The first kappa shape index (κ1) is 26.2. The van der Waals surface area contributed by atoms with E-state index < -0.39 is 5.97 Å². The number of pyridine rings is 1. The number of para-hydroxylation sites is 2. The van der Waals surface area contributed by atoms with E-state index in [2.05, 4.69) is 15.6 Å². The second kappa shape index (κ2) is 11.9. The Morgan fingerprint density at radius 3 is 2.70 bits per heavy atom. The van der Waals surface area contributed by atoms with Gasteiger partial charge in [0.25, 0.3) is 5.91 Å². The fourth-order valence-corrected chi connectivity index (χ4v) is 4.33. The molecule has 1 aromatic heterocycles. The summed E-state index contributed by atoms with van der Waals surface area (Å²) in [7, 11) is 0. The molecule has 2 heterocycles. The van der Waals surface area contributed by atoms with E-state index in [0.29, 0.717) is 30.1 Å². The molecule has 1 aliphatic heterocycles. The molecule has 37 heavy (non-hydrogen) atoms. The van der Waals surface area contributed by atoms with Crippen LogP contribution in [0.5, 0.6) is 11.6 Å². The first-order chi connectivity index (χ1) is 17.8. The molecule has 0 saturated heterocycles. The summed E-state index contributed by atoms with van der Waals surface area (Å²) in [4.78, 5) is 42.0. The van der Waals surface area contributed by atoms with Gasteiger partial charge in [-0.2, -0.15) is 0 Å². The minimum absolute atomic E-state index is 0.0556. The van der Waals surface area contributed by atoms with Crippen molar-refractivity contribution in [1.29, 1.82) is 0 Å². The number of benzene rings is 2. The first-order valence-electron chi connectivity index (χ1n) is 11.6. The Morgan fingerprint density at radius 1 is 1.08 bits per heavy atom. The van der Waals surface area contributed by atoms with Crippen molar-refractivity contribution >= 4 is 52.4 Å². The summed E-state index contributed by atoms with van der Waals surface area (Å²) in [6.45, 7) is 1.15. The van der Waals surface area contributed by atoms with Gasteiger partial charge in [-0.3, -0.25) is 14.4 Å². The third-order valence-corrected chi connectivity index (χ3v) is 6.33. The van der Waals surface area contributed by atoms with Crippen LogP contribution in [0.15, 0.2) is 54.7 Å². The molecular weight excluding hydrogens is 519 g/mol. The second-order valence-electron chi connectivity index (χ2n) is 8.23. The molecule has 3 N–H and O–H groups in total. The number of nitrogens with one attached hydrogen (secondary N) is 2. The van der Waals surface area contributed by atoms with Crippen LogP contribution in [-0.2, 0) is 16.0 Å². The largest absolute Gasteiger partial charge is 0.481 e. The van der Waals surface area contributed by atoms with Crippen molar-refractivity contribution in [3.63, 3.8) is 0 Å². The van der Waals surface area contributed by atoms with Crippen LogP contribution in [0.2, 0.25) is 10.0 Å². The third kappa shape index (κ3) is 6.49. The SMILES string of the molecule is O=C(O)CCNC(=O)CCc1cc(Cl)c(Oc2ncccc2C(=O)N2CCNc3ccccc32)cc1Cl. The van der Waals surface area contributed by atoms with Gasteiger partial charge in [0.2, 0.25) is 11.8 Å². The zero-order valence-corrected chi connectivity index (χ0v) is 21.2. The number of aliphatic carboxylic acids is 1. The molecule has 3 aromatic rings. The lowest BCUT2D eigenvalue weighted by Gasteiger charge is -2.30. The van der Waals surface area contributed by atoms with Gasteiger partial charge in [-0.1, -0.05) is 35.3 Å². The molecule has 0 spiro atoms. The molecule has 2 aromatic carbocycles. The predicted molar refractivity (Wildman–Crippen MR) is 141 cm³/mol.